The van der Waals surface area contributed by atoms with Gasteiger partial charge in [-0.25, -0.2) is 4.39 Å². The van der Waals surface area contributed by atoms with Crippen LogP contribution >= 0.6 is 11.3 Å². The average molecular weight is 356 g/mol. The summed E-state index contributed by atoms with van der Waals surface area (Å²) in [5.74, 6) is -0.313. The van der Waals surface area contributed by atoms with Gasteiger partial charge in [-0.05, 0) is 29.8 Å². The number of carbonyl (C=O) groups excluding carboxylic acids is 1. The van der Waals surface area contributed by atoms with Gasteiger partial charge in [0.1, 0.15) is 10.8 Å². The van der Waals surface area contributed by atoms with Crippen molar-refractivity contribution in [2.45, 2.75) is 12.8 Å². The Bertz CT molecular complexity index is 821. The molecule has 1 amide bonds. The van der Waals surface area contributed by atoms with E-state index >= 15 is 0 Å². The SMILES string of the molecule is O=C(CCNc1nnc(Cc2ccc(F)cc2)s1)Nc1ccccc1. The summed E-state index contributed by atoms with van der Waals surface area (Å²) in [6, 6.07) is 15.7. The molecule has 0 fully saturated rings. The van der Waals surface area contributed by atoms with Gasteiger partial charge in [-0.3, -0.25) is 4.79 Å². The van der Waals surface area contributed by atoms with Crippen LogP contribution in [0.3, 0.4) is 0 Å². The van der Waals surface area contributed by atoms with Crippen LogP contribution in [0.2, 0.25) is 0 Å². The summed E-state index contributed by atoms with van der Waals surface area (Å²) >= 11 is 1.43. The lowest BCUT2D eigenvalue weighted by atomic mass is 10.2. The third-order valence-electron chi connectivity index (χ3n) is 3.42. The number of hydrogen-bond donors (Lipinski definition) is 2. The number of hydrogen-bond acceptors (Lipinski definition) is 5. The second kappa shape index (κ2) is 8.34. The molecule has 0 spiro atoms. The number of halogens is 1. The molecule has 7 heteroatoms. The molecule has 0 radical (unpaired) electrons. The van der Waals surface area contributed by atoms with Crippen molar-refractivity contribution in [2.24, 2.45) is 0 Å². The van der Waals surface area contributed by atoms with E-state index in [0.29, 0.717) is 24.5 Å². The number of anilines is 2. The third-order valence-corrected chi connectivity index (χ3v) is 4.30. The first-order valence-corrected chi connectivity index (χ1v) is 8.66. The van der Waals surface area contributed by atoms with Crippen LogP contribution in [0.5, 0.6) is 0 Å². The van der Waals surface area contributed by atoms with E-state index in [9.17, 15) is 9.18 Å². The molecule has 0 bridgehead atoms. The van der Waals surface area contributed by atoms with E-state index in [1.165, 1.54) is 23.5 Å². The zero-order valence-corrected chi connectivity index (χ0v) is 14.2. The maximum atomic E-state index is 12.9. The molecule has 1 heterocycles. The standard InChI is InChI=1S/C18H17FN4OS/c19-14-8-6-13(7-9-14)12-17-22-23-18(25-17)20-11-10-16(24)21-15-4-2-1-3-5-15/h1-9H,10-12H2,(H,20,23)(H,21,24). The average Bonchev–Trinajstić information content (AvgIpc) is 3.05. The Balaban J connectivity index is 1.44. The quantitative estimate of drug-likeness (QED) is 0.677. The molecule has 3 rings (SSSR count). The van der Waals surface area contributed by atoms with E-state index in [4.69, 9.17) is 0 Å². The lowest BCUT2D eigenvalue weighted by Crippen LogP contribution is -2.16. The summed E-state index contributed by atoms with van der Waals surface area (Å²) in [5, 5.41) is 15.6. The van der Waals surface area contributed by atoms with E-state index in [1.54, 1.807) is 12.1 Å². The van der Waals surface area contributed by atoms with Crippen LogP contribution in [0.4, 0.5) is 15.2 Å². The lowest BCUT2D eigenvalue weighted by molar-refractivity contribution is -0.115. The molecular formula is C18H17FN4OS. The molecule has 0 unspecified atom stereocenters. The topological polar surface area (TPSA) is 66.9 Å². The van der Waals surface area contributed by atoms with Crippen LogP contribution in [0, 0.1) is 5.82 Å². The Hall–Kier alpha value is -2.80. The van der Waals surface area contributed by atoms with Crippen molar-refractivity contribution in [2.75, 3.05) is 17.2 Å². The van der Waals surface area contributed by atoms with Gasteiger partial charge in [-0.1, -0.05) is 41.7 Å². The number of rotatable bonds is 7. The van der Waals surface area contributed by atoms with Crippen LogP contribution in [-0.2, 0) is 11.2 Å². The maximum Gasteiger partial charge on any atom is 0.226 e. The van der Waals surface area contributed by atoms with Gasteiger partial charge in [0.2, 0.25) is 11.0 Å². The van der Waals surface area contributed by atoms with E-state index in [1.807, 2.05) is 30.3 Å². The van der Waals surface area contributed by atoms with E-state index < -0.39 is 0 Å². The fourth-order valence-electron chi connectivity index (χ4n) is 2.20. The molecule has 2 aromatic carbocycles. The predicted octanol–water partition coefficient (Wildman–Crippen LogP) is 3.71. The number of para-hydroxylation sites is 1. The molecule has 3 aromatic rings. The van der Waals surface area contributed by atoms with E-state index in [-0.39, 0.29) is 11.7 Å². The fraction of sp³-hybridized carbons (Fsp3) is 0.167. The highest BCUT2D eigenvalue weighted by molar-refractivity contribution is 7.15. The Kier molecular flexibility index (Phi) is 5.69. The fourth-order valence-corrected chi connectivity index (χ4v) is 3.00. The summed E-state index contributed by atoms with van der Waals surface area (Å²) in [7, 11) is 0. The van der Waals surface area contributed by atoms with E-state index in [2.05, 4.69) is 20.8 Å². The smallest absolute Gasteiger partial charge is 0.226 e. The summed E-state index contributed by atoms with van der Waals surface area (Å²) in [4.78, 5) is 11.9. The summed E-state index contributed by atoms with van der Waals surface area (Å²) in [6.07, 6.45) is 0.940. The highest BCUT2D eigenvalue weighted by Crippen LogP contribution is 2.18. The van der Waals surface area contributed by atoms with Crippen LogP contribution in [-0.4, -0.2) is 22.6 Å². The van der Waals surface area contributed by atoms with Crippen molar-refractivity contribution in [3.05, 3.63) is 71.0 Å². The van der Waals surface area contributed by atoms with Gasteiger partial charge < -0.3 is 10.6 Å². The zero-order valence-electron chi connectivity index (χ0n) is 13.4. The Morgan fingerprint density at radius 2 is 1.80 bits per heavy atom. The molecule has 25 heavy (non-hydrogen) atoms. The number of aromatic nitrogens is 2. The molecule has 0 aliphatic carbocycles. The number of nitrogens with zero attached hydrogens (tertiary/aromatic N) is 2. The molecule has 128 valence electrons. The number of amides is 1. The summed E-state index contributed by atoms with van der Waals surface area (Å²) in [6.45, 7) is 0.476. The van der Waals surface area contributed by atoms with Crippen LogP contribution in [0.1, 0.15) is 17.0 Å². The van der Waals surface area contributed by atoms with Gasteiger partial charge in [-0.2, -0.15) is 0 Å². The van der Waals surface area contributed by atoms with Gasteiger partial charge in [0, 0.05) is 25.1 Å². The highest BCUT2D eigenvalue weighted by atomic mass is 32.1. The van der Waals surface area contributed by atoms with Crippen molar-refractivity contribution < 1.29 is 9.18 Å². The van der Waals surface area contributed by atoms with Crippen LogP contribution in [0.15, 0.2) is 54.6 Å². The van der Waals surface area contributed by atoms with Gasteiger partial charge in [-0.15, -0.1) is 10.2 Å². The van der Waals surface area contributed by atoms with E-state index in [0.717, 1.165) is 16.3 Å². The number of carbonyl (C=O) groups is 1. The largest absolute Gasteiger partial charge is 0.360 e. The molecule has 1 aromatic heterocycles. The molecular weight excluding hydrogens is 339 g/mol. The second-order valence-corrected chi connectivity index (χ2v) is 6.46. The second-order valence-electron chi connectivity index (χ2n) is 5.40. The molecule has 0 atom stereocenters. The molecule has 2 N–H and O–H groups in total. The first kappa shape index (κ1) is 17.0. The third kappa shape index (κ3) is 5.36. The Labute approximate surface area is 148 Å². The first-order valence-electron chi connectivity index (χ1n) is 7.84. The normalized spacial score (nSPS) is 10.4. The van der Waals surface area contributed by atoms with Gasteiger partial charge >= 0.3 is 0 Å². The Morgan fingerprint density at radius 1 is 1.04 bits per heavy atom. The van der Waals surface area contributed by atoms with Gasteiger partial charge in [0.15, 0.2) is 0 Å². The summed E-state index contributed by atoms with van der Waals surface area (Å²) in [5.41, 5.74) is 1.76. The minimum atomic E-state index is -0.253. The molecule has 5 nitrogen and oxygen atoms in total. The number of benzene rings is 2. The maximum absolute atomic E-state index is 12.9. The Morgan fingerprint density at radius 3 is 2.56 bits per heavy atom. The zero-order chi connectivity index (χ0) is 17.5. The minimum Gasteiger partial charge on any atom is -0.360 e. The number of nitrogens with one attached hydrogen (secondary N) is 2. The van der Waals surface area contributed by atoms with Crippen molar-refractivity contribution in [3.8, 4) is 0 Å². The van der Waals surface area contributed by atoms with Crippen molar-refractivity contribution in [1.82, 2.24) is 10.2 Å². The highest BCUT2D eigenvalue weighted by Gasteiger charge is 2.07. The molecule has 0 aliphatic heterocycles. The van der Waals surface area contributed by atoms with Gasteiger partial charge in [0.25, 0.3) is 0 Å². The minimum absolute atomic E-state index is 0.0604. The van der Waals surface area contributed by atoms with Crippen molar-refractivity contribution in [3.63, 3.8) is 0 Å². The monoisotopic (exact) mass is 356 g/mol. The van der Waals surface area contributed by atoms with Gasteiger partial charge in [0.05, 0.1) is 0 Å². The molecule has 0 saturated heterocycles. The van der Waals surface area contributed by atoms with Crippen LogP contribution in [0.25, 0.3) is 0 Å². The first-order chi connectivity index (χ1) is 12.2. The lowest BCUT2D eigenvalue weighted by Gasteiger charge is -2.05. The molecule has 0 aliphatic rings. The summed E-state index contributed by atoms with van der Waals surface area (Å²) < 4.78 is 12.9. The van der Waals surface area contributed by atoms with Crippen molar-refractivity contribution in [1.29, 1.82) is 0 Å². The van der Waals surface area contributed by atoms with Crippen LogP contribution < -0.4 is 10.6 Å². The molecule has 0 saturated carbocycles. The predicted molar refractivity (Wildman–Crippen MR) is 97.3 cm³/mol. The van der Waals surface area contributed by atoms with Crippen molar-refractivity contribution >= 4 is 28.1 Å².